The average Bonchev–Trinajstić information content (AvgIpc) is 2.80. The maximum Gasteiger partial charge on any atom is 0.150 e. The Hall–Kier alpha value is -2.42. The first-order valence-electron chi connectivity index (χ1n) is 6.19. The Morgan fingerprint density at radius 3 is 2.68 bits per heavy atom. The summed E-state index contributed by atoms with van der Waals surface area (Å²) in [4.78, 5) is 10.8. The van der Waals surface area contributed by atoms with E-state index in [9.17, 15) is 4.79 Å². The summed E-state index contributed by atoms with van der Waals surface area (Å²) in [6.07, 6.45) is 2.66. The normalized spacial score (nSPS) is 10.8. The van der Waals surface area contributed by atoms with Crippen molar-refractivity contribution in [3.63, 3.8) is 0 Å². The minimum Gasteiger partial charge on any atom is -0.298 e. The van der Waals surface area contributed by atoms with E-state index in [1.807, 2.05) is 18.3 Å². The summed E-state index contributed by atoms with van der Waals surface area (Å²) in [5, 5.41) is 4.55. The Bertz CT molecular complexity index is 772. The summed E-state index contributed by atoms with van der Waals surface area (Å²) in [5.74, 6) is 0. The van der Waals surface area contributed by atoms with Crippen LogP contribution in [0.4, 0.5) is 0 Å². The zero-order valence-electron chi connectivity index (χ0n) is 10.9. The van der Waals surface area contributed by atoms with Crippen LogP contribution in [0.25, 0.3) is 16.8 Å². The lowest BCUT2D eigenvalue weighted by molar-refractivity contribution is 0.112. The standard InChI is InChI=1S/C16H14N2O/c1-11-3-4-15(12(2)7-11)16-9-14-8-13(10-19)5-6-18(14)17-16/h3-10H,1-2H3. The minimum absolute atomic E-state index is 0.666. The third-order valence-corrected chi connectivity index (χ3v) is 3.28. The van der Waals surface area contributed by atoms with E-state index in [0.29, 0.717) is 5.56 Å². The summed E-state index contributed by atoms with van der Waals surface area (Å²) in [5.41, 5.74) is 6.11. The van der Waals surface area contributed by atoms with Crippen molar-refractivity contribution >= 4 is 11.8 Å². The van der Waals surface area contributed by atoms with Crippen LogP contribution in [0.5, 0.6) is 0 Å². The molecule has 0 saturated heterocycles. The van der Waals surface area contributed by atoms with Gasteiger partial charge in [-0.1, -0.05) is 23.8 Å². The molecule has 0 spiro atoms. The van der Waals surface area contributed by atoms with Crippen molar-refractivity contribution in [1.82, 2.24) is 9.61 Å². The van der Waals surface area contributed by atoms with Crippen molar-refractivity contribution in [3.8, 4) is 11.3 Å². The quantitative estimate of drug-likeness (QED) is 0.653. The Morgan fingerprint density at radius 1 is 1.11 bits per heavy atom. The molecule has 2 heterocycles. The van der Waals surface area contributed by atoms with E-state index >= 15 is 0 Å². The first-order valence-corrected chi connectivity index (χ1v) is 6.19. The van der Waals surface area contributed by atoms with Gasteiger partial charge in [0.05, 0.1) is 11.2 Å². The second-order valence-electron chi connectivity index (χ2n) is 4.80. The van der Waals surface area contributed by atoms with E-state index in [0.717, 1.165) is 23.1 Å². The molecule has 0 fully saturated rings. The first kappa shape index (κ1) is 11.7. The Kier molecular flexibility index (Phi) is 2.67. The number of carbonyl (C=O) groups is 1. The third-order valence-electron chi connectivity index (χ3n) is 3.28. The number of hydrogen-bond acceptors (Lipinski definition) is 2. The molecule has 0 aliphatic carbocycles. The zero-order valence-corrected chi connectivity index (χ0v) is 10.9. The average molecular weight is 250 g/mol. The van der Waals surface area contributed by atoms with Crippen LogP contribution in [0.2, 0.25) is 0 Å². The maximum atomic E-state index is 10.8. The molecule has 3 aromatic rings. The van der Waals surface area contributed by atoms with Crippen LogP contribution in [-0.4, -0.2) is 15.9 Å². The van der Waals surface area contributed by atoms with Gasteiger partial charge >= 0.3 is 0 Å². The van der Waals surface area contributed by atoms with E-state index in [2.05, 4.69) is 37.1 Å². The molecule has 0 atom stereocenters. The van der Waals surface area contributed by atoms with Crippen molar-refractivity contribution < 1.29 is 4.79 Å². The number of rotatable bonds is 2. The molecule has 0 saturated carbocycles. The lowest BCUT2D eigenvalue weighted by Crippen LogP contribution is -1.89. The smallest absolute Gasteiger partial charge is 0.150 e. The molecule has 0 radical (unpaired) electrons. The molecule has 0 bridgehead atoms. The van der Waals surface area contributed by atoms with Crippen LogP contribution in [0.15, 0.2) is 42.6 Å². The highest BCUT2D eigenvalue weighted by Crippen LogP contribution is 2.24. The second kappa shape index (κ2) is 4.35. The van der Waals surface area contributed by atoms with E-state index < -0.39 is 0 Å². The Balaban J connectivity index is 2.17. The van der Waals surface area contributed by atoms with Crippen molar-refractivity contribution in [1.29, 1.82) is 0 Å². The van der Waals surface area contributed by atoms with Gasteiger partial charge in [-0.25, -0.2) is 4.52 Å². The highest BCUT2D eigenvalue weighted by molar-refractivity contribution is 5.78. The highest BCUT2D eigenvalue weighted by atomic mass is 16.1. The predicted molar refractivity (Wildman–Crippen MR) is 75.5 cm³/mol. The minimum atomic E-state index is 0.666. The summed E-state index contributed by atoms with van der Waals surface area (Å²) >= 11 is 0. The van der Waals surface area contributed by atoms with E-state index in [4.69, 9.17) is 0 Å². The van der Waals surface area contributed by atoms with Gasteiger partial charge in [-0.15, -0.1) is 0 Å². The molecule has 3 heteroatoms. The first-order chi connectivity index (χ1) is 9.17. The van der Waals surface area contributed by atoms with Gasteiger partial charge in [0.25, 0.3) is 0 Å². The zero-order chi connectivity index (χ0) is 13.4. The molecule has 3 rings (SSSR count). The van der Waals surface area contributed by atoms with Crippen molar-refractivity contribution in [3.05, 3.63) is 59.3 Å². The SMILES string of the molecule is Cc1ccc(-c2cc3cc(C=O)ccn3n2)c(C)c1. The summed E-state index contributed by atoms with van der Waals surface area (Å²) in [7, 11) is 0. The van der Waals surface area contributed by atoms with E-state index in [-0.39, 0.29) is 0 Å². The maximum absolute atomic E-state index is 10.8. The molecule has 3 nitrogen and oxygen atoms in total. The number of aldehydes is 1. The lowest BCUT2D eigenvalue weighted by Gasteiger charge is -2.02. The van der Waals surface area contributed by atoms with Gasteiger partial charge in [0.15, 0.2) is 0 Å². The molecule has 0 aliphatic heterocycles. The van der Waals surface area contributed by atoms with Gasteiger partial charge in [0.1, 0.15) is 6.29 Å². The predicted octanol–water partition coefficient (Wildman–Crippen LogP) is 3.43. The fraction of sp³-hybridized carbons (Fsp3) is 0.125. The molecule has 94 valence electrons. The molecule has 0 unspecified atom stereocenters. The molecule has 0 amide bonds. The number of benzene rings is 1. The van der Waals surface area contributed by atoms with Crippen molar-refractivity contribution in [2.45, 2.75) is 13.8 Å². The van der Waals surface area contributed by atoms with E-state index in [1.54, 1.807) is 10.6 Å². The van der Waals surface area contributed by atoms with Crippen LogP contribution in [-0.2, 0) is 0 Å². The van der Waals surface area contributed by atoms with Crippen LogP contribution >= 0.6 is 0 Å². The second-order valence-corrected chi connectivity index (χ2v) is 4.80. The largest absolute Gasteiger partial charge is 0.298 e. The fourth-order valence-corrected chi connectivity index (χ4v) is 2.32. The van der Waals surface area contributed by atoms with Crippen LogP contribution in [0.3, 0.4) is 0 Å². The molecule has 19 heavy (non-hydrogen) atoms. The number of hydrogen-bond donors (Lipinski definition) is 0. The highest BCUT2D eigenvalue weighted by Gasteiger charge is 2.07. The van der Waals surface area contributed by atoms with Gasteiger partial charge in [0.2, 0.25) is 0 Å². The summed E-state index contributed by atoms with van der Waals surface area (Å²) in [6, 6.07) is 11.9. The monoisotopic (exact) mass is 250 g/mol. The van der Waals surface area contributed by atoms with Gasteiger partial charge < -0.3 is 0 Å². The number of nitrogens with zero attached hydrogens (tertiary/aromatic N) is 2. The van der Waals surface area contributed by atoms with Crippen LogP contribution in [0.1, 0.15) is 21.5 Å². The molecule has 1 aromatic carbocycles. The lowest BCUT2D eigenvalue weighted by atomic mass is 10.0. The number of fused-ring (bicyclic) bond motifs is 1. The van der Waals surface area contributed by atoms with Gasteiger partial charge in [-0.05, 0) is 37.6 Å². The molecular weight excluding hydrogens is 236 g/mol. The fourth-order valence-electron chi connectivity index (χ4n) is 2.32. The van der Waals surface area contributed by atoms with Gasteiger partial charge in [-0.2, -0.15) is 5.10 Å². The van der Waals surface area contributed by atoms with Gasteiger partial charge in [-0.3, -0.25) is 4.79 Å². The molecule has 0 aliphatic rings. The van der Waals surface area contributed by atoms with Crippen LogP contribution < -0.4 is 0 Å². The Labute approximate surface area is 111 Å². The van der Waals surface area contributed by atoms with Crippen LogP contribution in [0, 0.1) is 13.8 Å². The van der Waals surface area contributed by atoms with Gasteiger partial charge in [0, 0.05) is 17.3 Å². The molecule has 0 N–H and O–H groups in total. The molecule has 2 aromatic heterocycles. The third kappa shape index (κ3) is 2.03. The van der Waals surface area contributed by atoms with Crippen molar-refractivity contribution in [2.24, 2.45) is 0 Å². The molecular formula is C16H14N2O. The number of aromatic nitrogens is 2. The van der Waals surface area contributed by atoms with E-state index in [1.165, 1.54) is 11.1 Å². The van der Waals surface area contributed by atoms with Crippen molar-refractivity contribution in [2.75, 3.05) is 0 Å². The Morgan fingerprint density at radius 2 is 1.95 bits per heavy atom. The topological polar surface area (TPSA) is 34.4 Å². The summed E-state index contributed by atoms with van der Waals surface area (Å²) < 4.78 is 1.79. The number of aryl methyl sites for hydroxylation is 2. The number of pyridine rings is 1. The number of carbonyl (C=O) groups excluding carboxylic acids is 1. The summed E-state index contributed by atoms with van der Waals surface area (Å²) in [6.45, 7) is 4.17.